The molecule has 3 N–H and O–H groups in total. The Morgan fingerprint density at radius 1 is 1.40 bits per heavy atom. The molecule has 0 saturated carbocycles. The van der Waals surface area contributed by atoms with Crippen LogP contribution in [0.1, 0.15) is 11.1 Å². The lowest BCUT2D eigenvalue weighted by molar-refractivity contribution is 0.397. The number of nitrogens with zero attached hydrogens (tertiary/aromatic N) is 1. The zero-order valence-electron chi connectivity index (χ0n) is 10.9. The van der Waals surface area contributed by atoms with Gasteiger partial charge in [-0.25, -0.2) is 4.98 Å². The predicted molar refractivity (Wildman–Crippen MR) is 88.1 cm³/mol. The Kier molecular flexibility index (Phi) is 4.92. The third kappa shape index (κ3) is 3.68. The van der Waals surface area contributed by atoms with Gasteiger partial charge >= 0.3 is 0 Å². The van der Waals surface area contributed by atoms with Crippen LogP contribution in [0.4, 0.5) is 5.69 Å². The number of benzene rings is 1. The maximum atomic E-state index is 5.62. The smallest absolute Gasteiger partial charge is 0.212 e. The molecule has 20 heavy (non-hydrogen) atoms. The van der Waals surface area contributed by atoms with Crippen LogP contribution in [0.25, 0.3) is 0 Å². The van der Waals surface area contributed by atoms with Crippen molar-refractivity contribution in [2.24, 2.45) is 5.73 Å². The zero-order chi connectivity index (χ0) is 14.5. The number of ether oxygens (including phenoxy) is 1. The molecular weight excluding hydrogens is 338 g/mol. The summed E-state index contributed by atoms with van der Waals surface area (Å²) < 4.78 is 5.90. The Hall–Kier alpha value is -1.66. The number of halogens is 1. The summed E-state index contributed by atoms with van der Waals surface area (Å²) in [6, 6.07) is 9.59. The van der Waals surface area contributed by atoms with Crippen molar-refractivity contribution < 1.29 is 4.74 Å². The Morgan fingerprint density at radius 3 is 2.75 bits per heavy atom. The highest BCUT2D eigenvalue weighted by Crippen LogP contribution is 2.22. The third-order valence-electron chi connectivity index (χ3n) is 2.74. The standard InChI is InChI=1S/C14H14BrN3OS/c1-19-13-5-2-9(8-18-13)7-17-10-3-4-11(14(16)20)12(15)6-10/h2-6,8,17H,7H2,1H3,(H2,16,20). The predicted octanol–water partition coefficient (Wildman–Crippen LogP) is 3.10. The number of rotatable bonds is 5. The summed E-state index contributed by atoms with van der Waals surface area (Å²) in [6.45, 7) is 0.676. The van der Waals surface area contributed by atoms with Gasteiger partial charge in [0.2, 0.25) is 5.88 Å². The van der Waals surface area contributed by atoms with Gasteiger partial charge in [-0.1, -0.05) is 18.3 Å². The van der Waals surface area contributed by atoms with E-state index in [4.69, 9.17) is 22.7 Å². The van der Waals surface area contributed by atoms with Gasteiger partial charge in [-0.2, -0.15) is 0 Å². The molecule has 0 aliphatic rings. The first-order valence-electron chi connectivity index (χ1n) is 5.92. The van der Waals surface area contributed by atoms with Gasteiger partial charge in [0.1, 0.15) is 4.99 Å². The number of thiocarbonyl (C=S) groups is 1. The molecule has 0 spiro atoms. The maximum Gasteiger partial charge on any atom is 0.212 e. The van der Waals surface area contributed by atoms with E-state index in [0.29, 0.717) is 17.4 Å². The molecule has 2 rings (SSSR count). The van der Waals surface area contributed by atoms with E-state index in [9.17, 15) is 0 Å². The van der Waals surface area contributed by atoms with E-state index in [-0.39, 0.29) is 0 Å². The van der Waals surface area contributed by atoms with Crippen molar-refractivity contribution in [2.75, 3.05) is 12.4 Å². The summed E-state index contributed by atoms with van der Waals surface area (Å²) in [5.74, 6) is 0.609. The number of hydrogen-bond acceptors (Lipinski definition) is 4. The lowest BCUT2D eigenvalue weighted by Crippen LogP contribution is -2.10. The number of methoxy groups -OCH3 is 1. The van der Waals surface area contributed by atoms with Crippen molar-refractivity contribution >= 4 is 38.8 Å². The SMILES string of the molecule is COc1ccc(CNc2ccc(C(N)=S)c(Br)c2)cn1. The summed E-state index contributed by atoms with van der Waals surface area (Å²) in [6.07, 6.45) is 1.78. The first-order chi connectivity index (χ1) is 9.60. The molecular formula is C14H14BrN3OS. The van der Waals surface area contributed by atoms with Crippen LogP contribution < -0.4 is 15.8 Å². The Bertz CT molecular complexity index is 616. The summed E-state index contributed by atoms with van der Waals surface area (Å²) in [4.78, 5) is 4.54. The first-order valence-corrected chi connectivity index (χ1v) is 7.12. The van der Waals surface area contributed by atoms with Crippen molar-refractivity contribution in [2.45, 2.75) is 6.54 Å². The summed E-state index contributed by atoms with van der Waals surface area (Å²) in [5.41, 5.74) is 8.50. The average Bonchev–Trinajstić information content (AvgIpc) is 2.45. The molecule has 1 aromatic carbocycles. The third-order valence-corrected chi connectivity index (χ3v) is 3.61. The highest BCUT2D eigenvalue weighted by atomic mass is 79.9. The van der Waals surface area contributed by atoms with Crippen LogP contribution in [0.5, 0.6) is 5.88 Å². The summed E-state index contributed by atoms with van der Waals surface area (Å²) in [7, 11) is 1.60. The van der Waals surface area contributed by atoms with Gasteiger partial charge < -0.3 is 15.8 Å². The molecule has 0 atom stereocenters. The highest BCUT2D eigenvalue weighted by molar-refractivity contribution is 9.10. The Labute approximate surface area is 131 Å². The van der Waals surface area contributed by atoms with E-state index in [2.05, 4.69) is 26.2 Å². The molecule has 0 fully saturated rings. The van der Waals surface area contributed by atoms with Gasteiger partial charge in [-0.3, -0.25) is 0 Å². The molecule has 0 unspecified atom stereocenters. The van der Waals surface area contributed by atoms with E-state index in [1.165, 1.54) is 0 Å². The average molecular weight is 352 g/mol. The summed E-state index contributed by atoms with van der Waals surface area (Å²) in [5, 5.41) is 3.31. The molecule has 0 aliphatic heterocycles. The molecule has 1 heterocycles. The van der Waals surface area contributed by atoms with Crippen LogP contribution in [-0.4, -0.2) is 17.1 Å². The van der Waals surface area contributed by atoms with E-state index < -0.39 is 0 Å². The Balaban J connectivity index is 2.03. The Morgan fingerprint density at radius 2 is 2.20 bits per heavy atom. The molecule has 104 valence electrons. The van der Waals surface area contributed by atoms with E-state index in [1.54, 1.807) is 13.3 Å². The fourth-order valence-corrected chi connectivity index (χ4v) is 2.57. The lowest BCUT2D eigenvalue weighted by atomic mass is 10.2. The minimum absolute atomic E-state index is 0.378. The molecule has 4 nitrogen and oxygen atoms in total. The second-order valence-corrected chi connectivity index (χ2v) is 5.42. The second kappa shape index (κ2) is 6.67. The van der Waals surface area contributed by atoms with Gasteiger partial charge in [0, 0.05) is 34.5 Å². The van der Waals surface area contributed by atoms with Crippen molar-refractivity contribution in [1.82, 2.24) is 4.98 Å². The van der Waals surface area contributed by atoms with Gasteiger partial charge in [0.25, 0.3) is 0 Å². The normalized spacial score (nSPS) is 10.1. The quantitative estimate of drug-likeness (QED) is 0.810. The molecule has 0 saturated heterocycles. The van der Waals surface area contributed by atoms with E-state index >= 15 is 0 Å². The molecule has 0 aliphatic carbocycles. The zero-order valence-corrected chi connectivity index (χ0v) is 13.3. The molecule has 2 aromatic rings. The van der Waals surface area contributed by atoms with Crippen molar-refractivity contribution in [3.8, 4) is 5.88 Å². The van der Waals surface area contributed by atoms with Crippen LogP contribution in [0.3, 0.4) is 0 Å². The lowest BCUT2D eigenvalue weighted by Gasteiger charge is -2.09. The highest BCUT2D eigenvalue weighted by Gasteiger charge is 2.04. The molecule has 0 amide bonds. The number of hydrogen-bond donors (Lipinski definition) is 2. The van der Waals surface area contributed by atoms with Crippen LogP contribution in [0.15, 0.2) is 41.0 Å². The number of aromatic nitrogens is 1. The summed E-state index contributed by atoms with van der Waals surface area (Å²) >= 11 is 8.42. The molecule has 6 heteroatoms. The van der Waals surface area contributed by atoms with Crippen molar-refractivity contribution in [3.63, 3.8) is 0 Å². The van der Waals surface area contributed by atoms with Crippen LogP contribution in [0, 0.1) is 0 Å². The maximum absolute atomic E-state index is 5.62. The van der Waals surface area contributed by atoms with E-state index in [1.807, 2.05) is 30.3 Å². The molecule has 0 radical (unpaired) electrons. The first kappa shape index (κ1) is 14.7. The van der Waals surface area contributed by atoms with Gasteiger partial charge in [0.05, 0.1) is 7.11 Å². The fraction of sp³-hybridized carbons (Fsp3) is 0.143. The minimum Gasteiger partial charge on any atom is -0.481 e. The number of nitrogens with two attached hydrogens (primary N) is 1. The van der Waals surface area contributed by atoms with Gasteiger partial charge in [-0.15, -0.1) is 0 Å². The largest absolute Gasteiger partial charge is 0.481 e. The van der Waals surface area contributed by atoms with E-state index in [0.717, 1.165) is 21.3 Å². The van der Waals surface area contributed by atoms with Crippen molar-refractivity contribution in [3.05, 3.63) is 52.1 Å². The fourth-order valence-electron chi connectivity index (χ4n) is 1.67. The molecule has 1 aromatic heterocycles. The minimum atomic E-state index is 0.378. The number of pyridine rings is 1. The topological polar surface area (TPSA) is 60.2 Å². The number of anilines is 1. The van der Waals surface area contributed by atoms with Crippen LogP contribution in [-0.2, 0) is 6.54 Å². The van der Waals surface area contributed by atoms with Crippen LogP contribution >= 0.6 is 28.1 Å². The second-order valence-electron chi connectivity index (χ2n) is 4.12. The van der Waals surface area contributed by atoms with Crippen molar-refractivity contribution in [1.29, 1.82) is 0 Å². The van der Waals surface area contributed by atoms with Gasteiger partial charge in [0.15, 0.2) is 0 Å². The van der Waals surface area contributed by atoms with Crippen LogP contribution in [0.2, 0.25) is 0 Å². The number of nitrogens with one attached hydrogen (secondary N) is 1. The van der Waals surface area contributed by atoms with Gasteiger partial charge in [-0.05, 0) is 39.7 Å². The molecule has 0 bridgehead atoms. The monoisotopic (exact) mass is 351 g/mol.